The molecule has 0 aliphatic heterocycles. The molecule has 0 spiro atoms. The number of aryl methyl sites for hydroxylation is 3. The molecule has 0 radical (unpaired) electrons. The Hall–Kier alpha value is -4.27. The first-order chi connectivity index (χ1) is 16.0. The summed E-state index contributed by atoms with van der Waals surface area (Å²) in [5.74, 6) is 3.20. The van der Waals surface area contributed by atoms with Crippen molar-refractivity contribution < 1.29 is 9.47 Å². The molecule has 0 bridgehead atoms. The molecular weight excluding hydrogens is 418 g/mol. The molecule has 0 saturated carbocycles. The van der Waals surface area contributed by atoms with Gasteiger partial charge in [0.15, 0.2) is 0 Å². The van der Waals surface area contributed by atoms with E-state index in [2.05, 4.69) is 30.2 Å². The molecule has 0 fully saturated rings. The number of benzene rings is 2. The number of hydrogen-bond acceptors (Lipinski definition) is 7. The van der Waals surface area contributed by atoms with Crippen molar-refractivity contribution in [2.24, 2.45) is 0 Å². The topological polar surface area (TPSA) is 127 Å². The molecule has 0 amide bonds. The van der Waals surface area contributed by atoms with Crippen molar-refractivity contribution in [2.75, 3.05) is 25.3 Å². The van der Waals surface area contributed by atoms with E-state index < -0.39 is 0 Å². The fraction of sp³-hybridized carbons (Fsp3) is 0.208. The van der Waals surface area contributed by atoms with Crippen LogP contribution in [-0.4, -0.2) is 39.1 Å². The highest BCUT2D eigenvalue weighted by Gasteiger charge is 2.14. The van der Waals surface area contributed by atoms with E-state index in [0.717, 1.165) is 57.6 Å². The first kappa shape index (κ1) is 20.6. The van der Waals surface area contributed by atoms with Crippen molar-refractivity contribution in [3.63, 3.8) is 0 Å². The largest absolute Gasteiger partial charge is 0.497 e. The Morgan fingerprint density at radius 2 is 1.85 bits per heavy atom. The number of nitrogens with zero attached hydrogens (tertiary/aromatic N) is 3. The van der Waals surface area contributed by atoms with Crippen molar-refractivity contribution in [3.05, 3.63) is 59.7 Å². The number of fused-ring (bicyclic) bond motifs is 2. The van der Waals surface area contributed by atoms with Gasteiger partial charge in [0.05, 0.1) is 30.9 Å². The summed E-state index contributed by atoms with van der Waals surface area (Å²) in [6.07, 6.45) is 5.32. The highest BCUT2D eigenvalue weighted by atomic mass is 16.5. The summed E-state index contributed by atoms with van der Waals surface area (Å²) >= 11 is 0. The quantitative estimate of drug-likeness (QED) is 0.296. The number of rotatable bonds is 7. The summed E-state index contributed by atoms with van der Waals surface area (Å²) in [7, 11) is 3.31. The third kappa shape index (κ3) is 4.00. The summed E-state index contributed by atoms with van der Waals surface area (Å²) < 4.78 is 11.0. The second-order valence-corrected chi connectivity index (χ2v) is 7.84. The van der Waals surface area contributed by atoms with Crippen LogP contribution in [0.4, 0.5) is 17.5 Å². The lowest BCUT2D eigenvalue weighted by Gasteiger charge is -2.14. The van der Waals surface area contributed by atoms with Crippen molar-refractivity contribution in [2.45, 2.75) is 19.8 Å². The van der Waals surface area contributed by atoms with E-state index in [1.54, 1.807) is 20.4 Å². The van der Waals surface area contributed by atoms with E-state index in [0.29, 0.717) is 11.6 Å². The summed E-state index contributed by atoms with van der Waals surface area (Å²) in [4.78, 5) is 19.8. The molecule has 3 heterocycles. The number of H-pyrrole nitrogens is 2. The number of hydrogen-bond donors (Lipinski definition) is 4. The lowest BCUT2D eigenvalue weighted by Crippen LogP contribution is -2.06. The fourth-order valence-corrected chi connectivity index (χ4v) is 4.03. The van der Waals surface area contributed by atoms with E-state index in [-0.39, 0.29) is 5.95 Å². The van der Waals surface area contributed by atoms with Crippen LogP contribution in [0, 0.1) is 6.92 Å². The lowest BCUT2D eigenvalue weighted by molar-refractivity contribution is 0.415. The number of anilines is 3. The molecule has 168 valence electrons. The predicted molar refractivity (Wildman–Crippen MR) is 129 cm³/mol. The zero-order valence-corrected chi connectivity index (χ0v) is 18.7. The number of aromatic nitrogens is 5. The number of aromatic amines is 2. The van der Waals surface area contributed by atoms with Crippen LogP contribution in [0.15, 0.2) is 42.7 Å². The fourth-order valence-electron chi connectivity index (χ4n) is 4.03. The number of ether oxygens (including phenoxy) is 2. The van der Waals surface area contributed by atoms with Gasteiger partial charge in [0.2, 0.25) is 5.95 Å². The maximum atomic E-state index is 5.91. The van der Waals surface area contributed by atoms with Gasteiger partial charge >= 0.3 is 0 Å². The van der Waals surface area contributed by atoms with Crippen LogP contribution in [0.25, 0.3) is 21.9 Å². The van der Waals surface area contributed by atoms with E-state index in [1.807, 2.05) is 43.5 Å². The van der Waals surface area contributed by atoms with Crippen molar-refractivity contribution in [3.8, 4) is 11.5 Å². The Labute approximate surface area is 190 Å². The van der Waals surface area contributed by atoms with E-state index in [9.17, 15) is 0 Å². The standard InChI is InChI=1S/C24H25N7O2/c1-13-28-19-9-21(22(33-3)10-20(19)29-13)30-23-15(12-27-24(25)31-23)5-4-14-11-26-18-7-6-16(32-2)8-17(14)18/h6-12,26H,4-5H2,1-3H3,(H,28,29)(H3,25,27,30,31). The number of nitrogens with one attached hydrogen (secondary N) is 3. The van der Waals surface area contributed by atoms with Gasteiger partial charge < -0.3 is 30.5 Å². The van der Waals surface area contributed by atoms with Crippen LogP contribution in [0.5, 0.6) is 11.5 Å². The van der Waals surface area contributed by atoms with Gasteiger partial charge in [0.25, 0.3) is 0 Å². The van der Waals surface area contributed by atoms with Crippen molar-refractivity contribution in [1.82, 2.24) is 24.9 Å². The lowest BCUT2D eigenvalue weighted by atomic mass is 10.0. The smallest absolute Gasteiger partial charge is 0.221 e. The molecule has 0 aliphatic carbocycles. The maximum absolute atomic E-state index is 5.91. The summed E-state index contributed by atoms with van der Waals surface area (Å²) in [5.41, 5.74) is 11.6. The molecule has 5 rings (SSSR count). The van der Waals surface area contributed by atoms with Gasteiger partial charge in [-0.1, -0.05) is 0 Å². The van der Waals surface area contributed by atoms with Crippen LogP contribution in [-0.2, 0) is 12.8 Å². The Balaban J connectivity index is 1.45. The molecule has 33 heavy (non-hydrogen) atoms. The van der Waals surface area contributed by atoms with Crippen LogP contribution < -0.4 is 20.5 Å². The van der Waals surface area contributed by atoms with Gasteiger partial charge in [0.1, 0.15) is 23.1 Å². The SMILES string of the molecule is COc1ccc2[nH]cc(CCc3cnc(N)nc3Nc3cc4nc(C)[nH]c4cc3OC)c2c1. The van der Waals surface area contributed by atoms with Crippen molar-refractivity contribution in [1.29, 1.82) is 0 Å². The molecule has 0 atom stereocenters. The molecule has 0 saturated heterocycles. The van der Waals surface area contributed by atoms with Gasteiger partial charge in [-0.25, -0.2) is 9.97 Å². The van der Waals surface area contributed by atoms with Gasteiger partial charge in [-0.05, 0) is 49.6 Å². The summed E-state index contributed by atoms with van der Waals surface area (Å²) in [6, 6.07) is 9.87. The molecule has 9 nitrogen and oxygen atoms in total. The van der Waals surface area contributed by atoms with Gasteiger partial charge in [-0.2, -0.15) is 4.98 Å². The molecule has 0 aliphatic rings. The van der Waals surface area contributed by atoms with Gasteiger partial charge in [0, 0.05) is 34.9 Å². The monoisotopic (exact) mass is 443 g/mol. The van der Waals surface area contributed by atoms with Crippen LogP contribution >= 0.6 is 0 Å². The first-order valence-electron chi connectivity index (χ1n) is 10.6. The molecule has 5 aromatic rings. The number of nitrogen functional groups attached to an aromatic ring is 1. The van der Waals surface area contributed by atoms with E-state index in [1.165, 1.54) is 5.56 Å². The average molecular weight is 444 g/mol. The third-order valence-corrected chi connectivity index (χ3v) is 5.70. The van der Waals surface area contributed by atoms with Crippen molar-refractivity contribution >= 4 is 39.4 Å². The number of imidazole rings is 1. The Morgan fingerprint density at radius 1 is 1.00 bits per heavy atom. The Morgan fingerprint density at radius 3 is 2.67 bits per heavy atom. The van der Waals surface area contributed by atoms with Crippen LogP contribution in [0.2, 0.25) is 0 Å². The number of methoxy groups -OCH3 is 2. The second-order valence-electron chi connectivity index (χ2n) is 7.84. The number of nitrogens with two attached hydrogens (primary N) is 1. The molecule has 0 unspecified atom stereocenters. The minimum atomic E-state index is 0.203. The van der Waals surface area contributed by atoms with E-state index >= 15 is 0 Å². The highest BCUT2D eigenvalue weighted by Crippen LogP contribution is 2.33. The second kappa shape index (κ2) is 8.34. The molecule has 5 N–H and O–H groups in total. The summed E-state index contributed by atoms with van der Waals surface area (Å²) in [5, 5.41) is 4.52. The molecule has 9 heteroatoms. The minimum Gasteiger partial charge on any atom is -0.497 e. The normalized spacial score (nSPS) is 11.2. The van der Waals surface area contributed by atoms with Crippen LogP contribution in [0.1, 0.15) is 17.0 Å². The van der Waals surface area contributed by atoms with Gasteiger partial charge in [-0.3, -0.25) is 0 Å². The predicted octanol–water partition coefficient (Wildman–Crippen LogP) is 4.27. The Kier molecular flexibility index (Phi) is 5.21. The summed E-state index contributed by atoms with van der Waals surface area (Å²) in [6.45, 7) is 1.92. The minimum absolute atomic E-state index is 0.203. The zero-order chi connectivity index (χ0) is 22.9. The van der Waals surface area contributed by atoms with Gasteiger partial charge in [-0.15, -0.1) is 0 Å². The van der Waals surface area contributed by atoms with E-state index in [4.69, 9.17) is 15.2 Å². The zero-order valence-electron chi connectivity index (χ0n) is 18.7. The molecular formula is C24H25N7O2. The molecule has 3 aromatic heterocycles. The Bertz CT molecular complexity index is 1450. The average Bonchev–Trinajstić information content (AvgIpc) is 3.39. The third-order valence-electron chi connectivity index (χ3n) is 5.70. The highest BCUT2D eigenvalue weighted by molar-refractivity contribution is 5.86. The van der Waals surface area contributed by atoms with Crippen LogP contribution in [0.3, 0.4) is 0 Å². The maximum Gasteiger partial charge on any atom is 0.221 e. The first-order valence-corrected chi connectivity index (χ1v) is 10.6. The molecule has 2 aromatic carbocycles.